The number of furan rings is 1. The van der Waals surface area contributed by atoms with Gasteiger partial charge in [-0.05, 0) is 85.3 Å². The molecule has 1 aliphatic heterocycles. The second-order valence-electron chi connectivity index (χ2n) is 9.37. The van der Waals surface area contributed by atoms with E-state index in [2.05, 4.69) is 10.3 Å². The molecule has 0 unspecified atom stereocenters. The van der Waals surface area contributed by atoms with Crippen LogP contribution < -0.4 is 5.32 Å². The van der Waals surface area contributed by atoms with Gasteiger partial charge in [0.05, 0.1) is 11.3 Å². The lowest BCUT2D eigenvalue weighted by molar-refractivity contribution is 0.0964. The number of aryl methyl sites for hydroxylation is 1. The molecule has 2 aromatic heterocycles. The van der Waals surface area contributed by atoms with Crippen molar-refractivity contribution in [2.75, 3.05) is 20.1 Å². The maximum Gasteiger partial charge on any atom is 0.255 e. The van der Waals surface area contributed by atoms with E-state index in [9.17, 15) is 17.6 Å². The van der Waals surface area contributed by atoms with Crippen LogP contribution in [-0.4, -0.2) is 43.8 Å². The van der Waals surface area contributed by atoms with Crippen LogP contribution in [0.15, 0.2) is 65.2 Å². The molecule has 1 saturated heterocycles. The van der Waals surface area contributed by atoms with E-state index < -0.39 is 10.0 Å². The van der Waals surface area contributed by atoms with Crippen molar-refractivity contribution in [1.82, 2.24) is 14.6 Å². The van der Waals surface area contributed by atoms with Gasteiger partial charge in [-0.3, -0.25) is 9.78 Å². The molecule has 9 heteroatoms. The third kappa shape index (κ3) is 5.01. The van der Waals surface area contributed by atoms with Crippen molar-refractivity contribution in [3.63, 3.8) is 0 Å². The van der Waals surface area contributed by atoms with Gasteiger partial charge >= 0.3 is 0 Å². The van der Waals surface area contributed by atoms with Crippen molar-refractivity contribution < 1.29 is 22.0 Å². The number of aromatic nitrogens is 1. The highest BCUT2D eigenvalue weighted by Crippen LogP contribution is 2.39. The maximum atomic E-state index is 13.5. The topological polar surface area (TPSA) is 92.5 Å². The minimum atomic E-state index is -3.54. The molecule has 4 aromatic rings. The number of hydrogen-bond acceptors (Lipinski definition) is 5. The molecule has 0 spiro atoms. The zero-order chi connectivity index (χ0) is 26.2. The fourth-order valence-electron chi connectivity index (χ4n) is 5.07. The first-order valence-corrected chi connectivity index (χ1v) is 13.8. The number of rotatable bonds is 6. The van der Waals surface area contributed by atoms with E-state index in [1.54, 1.807) is 47.9 Å². The van der Waals surface area contributed by atoms with Crippen LogP contribution in [0.25, 0.3) is 22.3 Å². The van der Waals surface area contributed by atoms with Crippen molar-refractivity contribution >= 4 is 26.9 Å². The number of amides is 1. The van der Waals surface area contributed by atoms with Crippen molar-refractivity contribution in [2.24, 2.45) is 0 Å². The van der Waals surface area contributed by atoms with E-state index in [-0.39, 0.29) is 23.4 Å². The largest absolute Gasteiger partial charge is 0.455 e. The molecule has 2 aromatic carbocycles. The van der Waals surface area contributed by atoms with Crippen LogP contribution >= 0.6 is 0 Å². The van der Waals surface area contributed by atoms with Gasteiger partial charge in [-0.1, -0.05) is 6.07 Å². The summed E-state index contributed by atoms with van der Waals surface area (Å²) in [6.07, 6.45) is 3.16. The Kier molecular flexibility index (Phi) is 6.83. The predicted octanol–water partition coefficient (Wildman–Crippen LogP) is 5.01. The average Bonchev–Trinajstić information content (AvgIpc) is 3.26. The van der Waals surface area contributed by atoms with E-state index in [1.165, 1.54) is 12.1 Å². The summed E-state index contributed by atoms with van der Waals surface area (Å²) < 4.78 is 47.6. The lowest BCUT2D eigenvalue weighted by atomic mass is 9.87. The van der Waals surface area contributed by atoms with Crippen LogP contribution in [-0.2, 0) is 15.8 Å². The van der Waals surface area contributed by atoms with Crippen LogP contribution in [0.2, 0.25) is 0 Å². The van der Waals surface area contributed by atoms with Crippen LogP contribution in [0.1, 0.15) is 45.9 Å². The lowest BCUT2D eigenvalue weighted by Crippen LogP contribution is -2.40. The number of nitrogens with zero attached hydrogens (tertiary/aromatic N) is 2. The fourth-order valence-corrected chi connectivity index (χ4v) is 6.61. The highest BCUT2D eigenvalue weighted by molar-refractivity contribution is 7.88. The fraction of sp³-hybridized carbons (Fsp3) is 0.286. The Morgan fingerprint density at radius 3 is 2.68 bits per heavy atom. The molecule has 1 fully saturated rings. The molecule has 7 nitrogen and oxygen atoms in total. The van der Waals surface area contributed by atoms with Gasteiger partial charge in [0.25, 0.3) is 5.91 Å². The molecule has 1 aliphatic rings. The van der Waals surface area contributed by atoms with Gasteiger partial charge in [0.15, 0.2) is 0 Å². The number of benzene rings is 2. The van der Waals surface area contributed by atoms with E-state index in [0.29, 0.717) is 46.6 Å². The number of carbonyl (C=O) groups excluding carboxylic acids is 1. The number of hydrogen-bond donors (Lipinski definition) is 1. The van der Waals surface area contributed by atoms with Crippen molar-refractivity contribution in [1.29, 1.82) is 0 Å². The average molecular weight is 522 g/mol. The number of pyridine rings is 1. The molecule has 3 heterocycles. The number of piperidine rings is 1. The quantitative estimate of drug-likeness (QED) is 0.385. The number of carbonyl (C=O) groups is 1. The van der Waals surface area contributed by atoms with Gasteiger partial charge in [0, 0.05) is 37.3 Å². The normalized spacial score (nSPS) is 16.7. The zero-order valence-electron chi connectivity index (χ0n) is 20.7. The molecule has 1 N–H and O–H groups in total. The second kappa shape index (κ2) is 10.1. The SMILES string of the molecule is CNC(=O)c1c(-c2ccc(F)cc2)oc2cc(C)c([C@H]3CCCN(S(=O)(=O)Cc4ccccn4)C3)cc12. The number of nitrogens with one attached hydrogen (secondary N) is 1. The van der Waals surface area contributed by atoms with Crippen molar-refractivity contribution in [3.05, 3.63) is 89.0 Å². The molecule has 5 rings (SSSR count). The highest BCUT2D eigenvalue weighted by atomic mass is 32.2. The minimum absolute atomic E-state index is 0.0293. The molecule has 1 atom stereocenters. The molecule has 37 heavy (non-hydrogen) atoms. The molecule has 0 bridgehead atoms. The maximum absolute atomic E-state index is 13.5. The summed E-state index contributed by atoms with van der Waals surface area (Å²) in [7, 11) is -1.98. The molecule has 1 amide bonds. The van der Waals surface area contributed by atoms with Gasteiger partial charge in [-0.25, -0.2) is 17.1 Å². The van der Waals surface area contributed by atoms with E-state index in [1.807, 2.05) is 19.1 Å². The second-order valence-corrected chi connectivity index (χ2v) is 11.3. The van der Waals surface area contributed by atoms with E-state index in [4.69, 9.17) is 4.42 Å². The Bertz CT molecular complexity index is 1550. The summed E-state index contributed by atoms with van der Waals surface area (Å²) in [5.74, 6) is -0.481. The smallest absolute Gasteiger partial charge is 0.255 e. The minimum Gasteiger partial charge on any atom is -0.455 e. The van der Waals surface area contributed by atoms with Crippen LogP contribution in [0.3, 0.4) is 0 Å². The molecular formula is C28H28FN3O4S. The lowest BCUT2D eigenvalue weighted by Gasteiger charge is -2.33. The van der Waals surface area contributed by atoms with Crippen LogP contribution in [0, 0.1) is 12.7 Å². The van der Waals surface area contributed by atoms with Gasteiger partial charge in [0.1, 0.15) is 22.9 Å². The summed E-state index contributed by atoms with van der Waals surface area (Å²) in [6, 6.07) is 14.9. The third-order valence-corrected chi connectivity index (χ3v) is 8.69. The standard InChI is InChI=1S/C28H28FN3O4S/c1-18-14-25-24(26(28(33)30-2)27(36-25)19-8-10-21(29)11-9-19)15-23(18)20-6-5-13-32(16-20)37(34,35)17-22-7-3-4-12-31-22/h3-4,7-12,14-15,20H,5-6,13,16-17H2,1-2H3,(H,30,33)/t20-/m0/s1. The summed E-state index contributed by atoms with van der Waals surface area (Å²) >= 11 is 0. The van der Waals surface area contributed by atoms with Crippen LogP contribution in [0.4, 0.5) is 4.39 Å². The summed E-state index contributed by atoms with van der Waals surface area (Å²) in [6.45, 7) is 2.80. The highest BCUT2D eigenvalue weighted by Gasteiger charge is 2.32. The monoisotopic (exact) mass is 521 g/mol. The molecular weight excluding hydrogens is 493 g/mol. The predicted molar refractivity (Wildman–Crippen MR) is 140 cm³/mol. The van der Waals surface area contributed by atoms with Gasteiger partial charge < -0.3 is 9.73 Å². The van der Waals surface area contributed by atoms with Crippen molar-refractivity contribution in [2.45, 2.75) is 31.4 Å². The Labute approximate surface area is 215 Å². The van der Waals surface area contributed by atoms with E-state index in [0.717, 1.165) is 24.0 Å². The first kappa shape index (κ1) is 25.1. The summed E-state index contributed by atoms with van der Waals surface area (Å²) in [5, 5.41) is 3.32. The summed E-state index contributed by atoms with van der Waals surface area (Å²) in [5.41, 5.74) is 3.99. The molecule has 0 saturated carbocycles. The zero-order valence-corrected chi connectivity index (χ0v) is 21.5. The molecule has 0 aliphatic carbocycles. The third-order valence-electron chi connectivity index (χ3n) is 6.91. The first-order chi connectivity index (χ1) is 17.8. The molecule has 0 radical (unpaired) electrons. The number of fused-ring (bicyclic) bond motifs is 1. The molecule has 192 valence electrons. The number of sulfonamides is 1. The first-order valence-electron chi connectivity index (χ1n) is 12.2. The van der Waals surface area contributed by atoms with Gasteiger partial charge in [0.2, 0.25) is 10.0 Å². The van der Waals surface area contributed by atoms with Gasteiger partial charge in [-0.2, -0.15) is 0 Å². The number of halogens is 1. The Morgan fingerprint density at radius 2 is 1.97 bits per heavy atom. The summed E-state index contributed by atoms with van der Waals surface area (Å²) in [4.78, 5) is 17.1. The van der Waals surface area contributed by atoms with Gasteiger partial charge in [-0.15, -0.1) is 0 Å². The van der Waals surface area contributed by atoms with Crippen molar-refractivity contribution in [3.8, 4) is 11.3 Å². The van der Waals surface area contributed by atoms with Crippen LogP contribution in [0.5, 0.6) is 0 Å². The Hall–Kier alpha value is -3.56. The Balaban J connectivity index is 1.52. The Morgan fingerprint density at radius 1 is 1.19 bits per heavy atom. The van der Waals surface area contributed by atoms with E-state index >= 15 is 0 Å².